The zero-order valence-electron chi connectivity index (χ0n) is 10.3. The van der Waals surface area contributed by atoms with Crippen LogP contribution in [0.4, 0.5) is 5.13 Å². The molecule has 1 aromatic heterocycles. The fourth-order valence-corrected chi connectivity index (χ4v) is 2.63. The molecule has 6 heteroatoms. The summed E-state index contributed by atoms with van der Waals surface area (Å²) >= 11 is 7.06. The minimum atomic E-state index is 0.257. The fourth-order valence-electron chi connectivity index (χ4n) is 1.66. The summed E-state index contributed by atoms with van der Waals surface area (Å²) in [6.45, 7) is 0.703. The molecule has 0 aliphatic heterocycles. The summed E-state index contributed by atoms with van der Waals surface area (Å²) < 4.78 is 5.28. The Morgan fingerprint density at radius 2 is 2.26 bits per heavy atom. The van der Waals surface area contributed by atoms with Crippen molar-refractivity contribution in [2.75, 3.05) is 19.0 Å². The normalized spacial score (nSPS) is 9.95. The first-order valence-corrected chi connectivity index (χ1v) is 6.86. The van der Waals surface area contributed by atoms with E-state index in [1.807, 2.05) is 30.3 Å². The van der Waals surface area contributed by atoms with Crippen LogP contribution in [0, 0.1) is 11.3 Å². The molecule has 98 valence electrons. The van der Waals surface area contributed by atoms with Gasteiger partial charge in [0.2, 0.25) is 0 Å². The number of aromatic nitrogens is 1. The minimum Gasteiger partial charge on any atom is -0.496 e. The Hall–Kier alpha value is -1.77. The SMILES string of the molecule is COc1ccccc1CCNc1nc(Cl)c(C#N)s1. The zero-order chi connectivity index (χ0) is 13.7. The van der Waals surface area contributed by atoms with E-state index in [1.54, 1.807) is 7.11 Å². The fraction of sp³-hybridized carbons (Fsp3) is 0.231. The van der Waals surface area contributed by atoms with E-state index in [0.29, 0.717) is 16.6 Å². The number of halogens is 1. The molecule has 0 fully saturated rings. The highest BCUT2D eigenvalue weighted by Crippen LogP contribution is 2.26. The van der Waals surface area contributed by atoms with Gasteiger partial charge in [0, 0.05) is 6.54 Å². The highest BCUT2D eigenvalue weighted by molar-refractivity contribution is 7.16. The highest BCUT2D eigenvalue weighted by atomic mass is 35.5. The molecular formula is C13H12ClN3OS. The number of anilines is 1. The molecule has 1 N–H and O–H groups in total. The van der Waals surface area contributed by atoms with Crippen LogP contribution in [-0.2, 0) is 6.42 Å². The van der Waals surface area contributed by atoms with Crippen molar-refractivity contribution >= 4 is 28.1 Å². The molecule has 0 atom stereocenters. The second kappa shape index (κ2) is 6.41. The van der Waals surface area contributed by atoms with Gasteiger partial charge >= 0.3 is 0 Å². The number of nitrogens with zero attached hydrogens (tertiary/aromatic N) is 2. The Labute approximate surface area is 120 Å². The third-order valence-corrected chi connectivity index (χ3v) is 3.85. The molecule has 0 bridgehead atoms. The van der Waals surface area contributed by atoms with E-state index in [4.69, 9.17) is 21.6 Å². The number of rotatable bonds is 5. The highest BCUT2D eigenvalue weighted by Gasteiger charge is 2.08. The van der Waals surface area contributed by atoms with Crippen molar-refractivity contribution in [1.29, 1.82) is 5.26 Å². The van der Waals surface area contributed by atoms with Crippen LogP contribution in [-0.4, -0.2) is 18.6 Å². The molecule has 4 nitrogen and oxygen atoms in total. The van der Waals surface area contributed by atoms with Gasteiger partial charge in [-0.05, 0) is 18.1 Å². The van der Waals surface area contributed by atoms with E-state index in [9.17, 15) is 0 Å². The van der Waals surface area contributed by atoms with E-state index in [1.165, 1.54) is 11.3 Å². The van der Waals surface area contributed by atoms with Crippen molar-refractivity contribution in [2.45, 2.75) is 6.42 Å². The average molecular weight is 294 g/mol. The number of para-hydroxylation sites is 1. The molecule has 0 amide bonds. The topological polar surface area (TPSA) is 57.9 Å². The number of nitriles is 1. The first-order valence-electron chi connectivity index (χ1n) is 5.66. The smallest absolute Gasteiger partial charge is 0.185 e. The Morgan fingerprint density at radius 1 is 1.47 bits per heavy atom. The van der Waals surface area contributed by atoms with Crippen LogP contribution in [0.3, 0.4) is 0 Å². The molecule has 2 aromatic rings. The minimum absolute atomic E-state index is 0.257. The van der Waals surface area contributed by atoms with Gasteiger partial charge in [-0.2, -0.15) is 5.26 Å². The molecule has 1 aromatic carbocycles. The van der Waals surface area contributed by atoms with Crippen LogP contribution in [0.25, 0.3) is 0 Å². The van der Waals surface area contributed by atoms with E-state index in [-0.39, 0.29) is 5.15 Å². The van der Waals surface area contributed by atoms with E-state index in [0.717, 1.165) is 17.7 Å². The molecule has 19 heavy (non-hydrogen) atoms. The summed E-state index contributed by atoms with van der Waals surface area (Å²) in [6.07, 6.45) is 0.809. The molecule has 0 radical (unpaired) electrons. The van der Waals surface area contributed by atoms with Gasteiger partial charge in [-0.25, -0.2) is 4.98 Å². The van der Waals surface area contributed by atoms with Gasteiger partial charge in [-0.1, -0.05) is 41.1 Å². The van der Waals surface area contributed by atoms with Crippen molar-refractivity contribution in [3.63, 3.8) is 0 Å². The first-order chi connectivity index (χ1) is 9.24. The maximum atomic E-state index is 8.80. The predicted octanol–water partition coefficient (Wildman–Crippen LogP) is 3.33. The van der Waals surface area contributed by atoms with Gasteiger partial charge < -0.3 is 10.1 Å². The molecule has 0 unspecified atom stereocenters. The Bertz CT molecular complexity index is 606. The molecule has 0 saturated heterocycles. The van der Waals surface area contributed by atoms with Crippen molar-refractivity contribution in [2.24, 2.45) is 0 Å². The number of hydrogen-bond acceptors (Lipinski definition) is 5. The lowest BCUT2D eigenvalue weighted by molar-refractivity contribution is 0.410. The predicted molar refractivity (Wildman–Crippen MR) is 77.0 cm³/mol. The second-order valence-electron chi connectivity index (χ2n) is 3.74. The number of benzene rings is 1. The van der Waals surface area contributed by atoms with Crippen LogP contribution in [0.2, 0.25) is 5.15 Å². The van der Waals surface area contributed by atoms with Crippen molar-refractivity contribution in [1.82, 2.24) is 4.98 Å². The van der Waals surface area contributed by atoms with Crippen LogP contribution in [0.1, 0.15) is 10.4 Å². The van der Waals surface area contributed by atoms with Crippen molar-refractivity contribution in [3.8, 4) is 11.8 Å². The molecule has 1 heterocycles. The molecule has 0 aliphatic carbocycles. The Balaban J connectivity index is 1.94. The lowest BCUT2D eigenvalue weighted by Crippen LogP contribution is -2.05. The van der Waals surface area contributed by atoms with Gasteiger partial charge in [-0.3, -0.25) is 0 Å². The maximum Gasteiger partial charge on any atom is 0.185 e. The summed E-state index contributed by atoms with van der Waals surface area (Å²) in [6, 6.07) is 9.88. The third kappa shape index (κ3) is 3.37. The van der Waals surface area contributed by atoms with E-state index in [2.05, 4.69) is 10.3 Å². The van der Waals surface area contributed by atoms with Crippen LogP contribution in [0.15, 0.2) is 24.3 Å². The summed E-state index contributed by atoms with van der Waals surface area (Å²) in [5.41, 5.74) is 1.13. The van der Waals surface area contributed by atoms with Gasteiger partial charge in [0.1, 0.15) is 16.7 Å². The van der Waals surface area contributed by atoms with Gasteiger partial charge in [0.15, 0.2) is 10.3 Å². The molecule has 0 aliphatic rings. The quantitative estimate of drug-likeness (QED) is 0.918. The van der Waals surface area contributed by atoms with Crippen molar-refractivity contribution < 1.29 is 4.74 Å². The van der Waals surface area contributed by atoms with Gasteiger partial charge in [-0.15, -0.1) is 0 Å². The summed E-state index contributed by atoms with van der Waals surface area (Å²) in [5.74, 6) is 0.874. The second-order valence-corrected chi connectivity index (χ2v) is 5.10. The maximum absolute atomic E-state index is 8.80. The zero-order valence-corrected chi connectivity index (χ0v) is 11.9. The third-order valence-electron chi connectivity index (χ3n) is 2.55. The van der Waals surface area contributed by atoms with Crippen LogP contribution in [0.5, 0.6) is 5.75 Å². The number of methoxy groups -OCH3 is 1. The van der Waals surface area contributed by atoms with Crippen LogP contribution >= 0.6 is 22.9 Å². The summed E-state index contributed by atoms with van der Waals surface area (Å²) in [4.78, 5) is 4.51. The monoisotopic (exact) mass is 293 g/mol. The summed E-state index contributed by atoms with van der Waals surface area (Å²) in [7, 11) is 1.66. The standard InChI is InChI=1S/C13H12ClN3OS/c1-18-10-5-3-2-4-9(10)6-7-16-13-17-12(14)11(8-15)19-13/h2-5H,6-7H2,1H3,(H,16,17). The molecule has 0 spiro atoms. The average Bonchev–Trinajstić information content (AvgIpc) is 2.79. The Kier molecular flexibility index (Phi) is 4.61. The lowest BCUT2D eigenvalue weighted by Gasteiger charge is -2.08. The first kappa shape index (κ1) is 13.7. The largest absolute Gasteiger partial charge is 0.496 e. The number of thiazole rings is 1. The molecular weight excluding hydrogens is 282 g/mol. The number of hydrogen-bond donors (Lipinski definition) is 1. The number of nitrogens with one attached hydrogen (secondary N) is 1. The number of ether oxygens (including phenoxy) is 1. The van der Waals surface area contributed by atoms with Crippen molar-refractivity contribution in [3.05, 3.63) is 39.9 Å². The lowest BCUT2D eigenvalue weighted by atomic mass is 10.1. The van der Waals surface area contributed by atoms with Crippen LogP contribution < -0.4 is 10.1 Å². The van der Waals surface area contributed by atoms with Gasteiger partial charge in [0.25, 0.3) is 0 Å². The Morgan fingerprint density at radius 3 is 2.95 bits per heavy atom. The molecule has 2 rings (SSSR count). The van der Waals surface area contributed by atoms with Gasteiger partial charge in [0.05, 0.1) is 7.11 Å². The molecule has 0 saturated carbocycles. The van der Waals surface area contributed by atoms with E-state index >= 15 is 0 Å². The van der Waals surface area contributed by atoms with E-state index < -0.39 is 0 Å². The summed E-state index contributed by atoms with van der Waals surface area (Å²) in [5, 5.41) is 12.9.